The van der Waals surface area contributed by atoms with Crippen LogP contribution in [0.4, 0.5) is 4.39 Å². The number of nitrogens with one attached hydrogen (secondary N) is 3. The van der Waals surface area contributed by atoms with Gasteiger partial charge in [-0.25, -0.2) is 9.37 Å². The van der Waals surface area contributed by atoms with Crippen molar-refractivity contribution in [3.63, 3.8) is 0 Å². The van der Waals surface area contributed by atoms with Crippen LogP contribution in [0.1, 0.15) is 24.5 Å². The molecule has 0 saturated carbocycles. The van der Waals surface area contributed by atoms with Crippen LogP contribution >= 0.6 is 0 Å². The summed E-state index contributed by atoms with van der Waals surface area (Å²) in [4.78, 5) is 8.50. The van der Waals surface area contributed by atoms with E-state index in [4.69, 9.17) is 9.72 Å². The quantitative estimate of drug-likeness (QED) is 0.350. The molecule has 0 amide bonds. The first-order valence-corrected chi connectivity index (χ1v) is 11.2. The molecule has 1 aliphatic heterocycles. The summed E-state index contributed by atoms with van der Waals surface area (Å²) in [5.41, 5.74) is 7.22. The molecule has 0 aliphatic carbocycles. The van der Waals surface area contributed by atoms with Gasteiger partial charge in [0.05, 0.1) is 18.3 Å². The molecule has 1 aliphatic rings. The highest BCUT2D eigenvalue weighted by Gasteiger charge is 2.20. The molecule has 1 fully saturated rings. The van der Waals surface area contributed by atoms with Crippen molar-refractivity contribution in [2.45, 2.75) is 18.8 Å². The molecule has 3 aromatic heterocycles. The molecule has 33 heavy (non-hydrogen) atoms. The van der Waals surface area contributed by atoms with Crippen molar-refractivity contribution in [1.82, 2.24) is 25.5 Å². The second-order valence-electron chi connectivity index (χ2n) is 8.56. The molecule has 6 nitrogen and oxygen atoms in total. The highest BCUT2D eigenvalue weighted by atomic mass is 19.1. The van der Waals surface area contributed by atoms with Gasteiger partial charge in [0.1, 0.15) is 22.8 Å². The zero-order valence-electron chi connectivity index (χ0n) is 18.3. The number of aromatic nitrogens is 4. The van der Waals surface area contributed by atoms with Crippen molar-refractivity contribution in [2.24, 2.45) is 0 Å². The van der Waals surface area contributed by atoms with E-state index in [1.165, 1.54) is 12.1 Å². The summed E-state index contributed by atoms with van der Waals surface area (Å²) in [5.74, 6) is 0.631. The average Bonchev–Trinajstić information content (AvgIpc) is 3.47. The van der Waals surface area contributed by atoms with Gasteiger partial charge < -0.3 is 15.0 Å². The molecule has 4 heterocycles. The summed E-state index contributed by atoms with van der Waals surface area (Å²) in [6.45, 7) is 2.05. The van der Waals surface area contributed by atoms with Crippen LogP contribution in [0, 0.1) is 5.82 Å². The topological polar surface area (TPSA) is 78.6 Å². The number of hydrogen-bond donors (Lipinski definition) is 3. The fourth-order valence-corrected chi connectivity index (χ4v) is 4.82. The Balaban J connectivity index is 1.46. The number of pyridine rings is 1. The van der Waals surface area contributed by atoms with Gasteiger partial charge in [-0.3, -0.25) is 5.10 Å². The van der Waals surface area contributed by atoms with E-state index in [9.17, 15) is 4.39 Å². The lowest BCUT2D eigenvalue weighted by Gasteiger charge is -2.22. The molecular formula is C26H24FN5O. The fourth-order valence-electron chi connectivity index (χ4n) is 4.82. The van der Waals surface area contributed by atoms with Gasteiger partial charge >= 0.3 is 0 Å². The number of hydrogen-bond acceptors (Lipinski definition) is 4. The van der Waals surface area contributed by atoms with E-state index < -0.39 is 0 Å². The Morgan fingerprint density at radius 1 is 1.00 bits per heavy atom. The molecule has 7 heteroatoms. The Labute approximate surface area is 190 Å². The summed E-state index contributed by atoms with van der Waals surface area (Å²) < 4.78 is 19.4. The maximum atomic E-state index is 14.2. The van der Waals surface area contributed by atoms with Gasteiger partial charge in [0.2, 0.25) is 0 Å². The van der Waals surface area contributed by atoms with Gasteiger partial charge in [0, 0.05) is 28.6 Å². The minimum absolute atomic E-state index is 0.329. The van der Waals surface area contributed by atoms with Gasteiger partial charge in [0.25, 0.3) is 0 Å². The standard InChI is InChI=1S/C26H24FN5O/c1-33-18-12-16(11-17(27)13-18)19-3-2-4-22-20(19)14-24(29-22)26-25-23(31-32-26)6-5-21(30-25)15-7-9-28-10-8-15/h2-6,11-15,28-29H,7-10H2,1H3,(H,31,32). The third kappa shape index (κ3) is 3.54. The van der Waals surface area contributed by atoms with Crippen LogP contribution in [0.2, 0.25) is 0 Å². The monoisotopic (exact) mass is 441 g/mol. The average molecular weight is 442 g/mol. The number of halogens is 1. The minimum atomic E-state index is -0.329. The van der Waals surface area contributed by atoms with Gasteiger partial charge in [-0.05, 0) is 73.5 Å². The number of nitrogens with zero attached hydrogens (tertiary/aromatic N) is 2. The maximum Gasteiger partial charge on any atom is 0.135 e. The number of H-pyrrole nitrogens is 2. The largest absolute Gasteiger partial charge is 0.497 e. The molecule has 2 aromatic carbocycles. The number of ether oxygens (including phenoxy) is 1. The van der Waals surface area contributed by atoms with Gasteiger partial charge in [-0.1, -0.05) is 12.1 Å². The maximum absolute atomic E-state index is 14.2. The number of methoxy groups -OCH3 is 1. The molecule has 5 aromatic rings. The van der Waals surface area contributed by atoms with E-state index in [1.807, 2.05) is 24.3 Å². The van der Waals surface area contributed by atoms with Crippen LogP contribution in [-0.2, 0) is 0 Å². The summed E-state index contributed by atoms with van der Waals surface area (Å²) in [6.07, 6.45) is 2.19. The van der Waals surface area contributed by atoms with Crippen LogP contribution < -0.4 is 10.1 Å². The SMILES string of the molecule is COc1cc(F)cc(-c2cccc3[nH]c(-c4n[nH]c5ccc(C6CCNCC6)nc45)cc23)c1. The van der Waals surface area contributed by atoms with Crippen LogP contribution in [0.25, 0.3) is 44.5 Å². The molecule has 0 spiro atoms. The van der Waals surface area contributed by atoms with Crippen LogP contribution in [0.3, 0.4) is 0 Å². The highest BCUT2D eigenvalue weighted by molar-refractivity contribution is 6.00. The van der Waals surface area contributed by atoms with Crippen molar-refractivity contribution in [3.05, 3.63) is 66.1 Å². The molecule has 6 rings (SSSR count). The third-order valence-corrected chi connectivity index (χ3v) is 6.52. The zero-order valence-corrected chi connectivity index (χ0v) is 18.3. The lowest BCUT2D eigenvalue weighted by Crippen LogP contribution is -2.27. The van der Waals surface area contributed by atoms with Crippen molar-refractivity contribution in [1.29, 1.82) is 0 Å². The Hall–Kier alpha value is -3.71. The Kier molecular flexibility index (Phi) is 4.84. The lowest BCUT2D eigenvalue weighted by molar-refractivity contribution is 0.411. The first-order chi connectivity index (χ1) is 16.2. The number of benzene rings is 2. The van der Waals surface area contributed by atoms with Gasteiger partial charge in [-0.15, -0.1) is 0 Å². The van der Waals surface area contributed by atoms with Gasteiger partial charge in [-0.2, -0.15) is 5.10 Å². The van der Waals surface area contributed by atoms with Crippen molar-refractivity contribution in [2.75, 3.05) is 20.2 Å². The van der Waals surface area contributed by atoms with Crippen molar-refractivity contribution < 1.29 is 9.13 Å². The second-order valence-corrected chi connectivity index (χ2v) is 8.56. The molecule has 0 radical (unpaired) electrons. The Morgan fingerprint density at radius 2 is 1.88 bits per heavy atom. The molecular weight excluding hydrogens is 417 g/mol. The number of piperidine rings is 1. The first-order valence-electron chi connectivity index (χ1n) is 11.2. The first kappa shape index (κ1) is 19.9. The van der Waals surface area contributed by atoms with Crippen molar-refractivity contribution in [3.8, 4) is 28.3 Å². The summed E-state index contributed by atoms with van der Waals surface area (Å²) in [7, 11) is 1.54. The summed E-state index contributed by atoms with van der Waals surface area (Å²) >= 11 is 0. The normalized spacial score (nSPS) is 14.8. The number of aromatic amines is 2. The van der Waals surface area contributed by atoms with Crippen LogP contribution in [-0.4, -0.2) is 40.4 Å². The van der Waals surface area contributed by atoms with E-state index >= 15 is 0 Å². The Morgan fingerprint density at radius 3 is 2.73 bits per heavy atom. The minimum Gasteiger partial charge on any atom is -0.497 e. The molecule has 0 atom stereocenters. The predicted molar refractivity (Wildman–Crippen MR) is 128 cm³/mol. The smallest absolute Gasteiger partial charge is 0.135 e. The van der Waals surface area contributed by atoms with Crippen molar-refractivity contribution >= 4 is 21.9 Å². The van der Waals surface area contributed by atoms with E-state index in [-0.39, 0.29) is 5.82 Å². The molecule has 1 saturated heterocycles. The molecule has 0 unspecified atom stereocenters. The van der Waals surface area contributed by atoms with E-state index in [0.717, 1.165) is 76.1 Å². The molecule has 3 N–H and O–H groups in total. The fraction of sp³-hybridized carbons (Fsp3) is 0.231. The van der Waals surface area contributed by atoms with E-state index in [1.54, 1.807) is 7.11 Å². The van der Waals surface area contributed by atoms with Gasteiger partial charge in [0.15, 0.2) is 0 Å². The lowest BCUT2D eigenvalue weighted by atomic mass is 9.94. The van der Waals surface area contributed by atoms with E-state index in [0.29, 0.717) is 11.7 Å². The summed E-state index contributed by atoms with van der Waals surface area (Å²) in [6, 6.07) is 17.0. The number of fused-ring (bicyclic) bond motifs is 2. The number of rotatable bonds is 4. The summed E-state index contributed by atoms with van der Waals surface area (Å²) in [5, 5.41) is 12.1. The predicted octanol–water partition coefficient (Wildman–Crippen LogP) is 5.39. The van der Waals surface area contributed by atoms with Crippen LogP contribution in [0.15, 0.2) is 54.6 Å². The molecule has 166 valence electrons. The van der Waals surface area contributed by atoms with E-state index in [2.05, 4.69) is 38.7 Å². The zero-order chi connectivity index (χ0) is 22.4. The second kappa shape index (κ2) is 8.01. The Bertz CT molecular complexity index is 1460. The highest BCUT2D eigenvalue weighted by Crippen LogP contribution is 2.35. The third-order valence-electron chi connectivity index (χ3n) is 6.52. The molecule has 0 bridgehead atoms. The van der Waals surface area contributed by atoms with Crippen LogP contribution in [0.5, 0.6) is 5.75 Å².